The summed E-state index contributed by atoms with van der Waals surface area (Å²) < 4.78 is 12.5. The molecule has 0 saturated carbocycles. The van der Waals surface area contributed by atoms with Gasteiger partial charge in [0.05, 0.1) is 13.2 Å². The Morgan fingerprint density at radius 2 is 1.43 bits per heavy atom. The predicted molar refractivity (Wildman–Crippen MR) is 117 cm³/mol. The maximum atomic E-state index is 10.9. The number of carbonyl (C=O) groups is 1. The SMILES string of the molecule is CC1(C)CCC(C)(C)c2cc(C3(c4ccc(CCC(=O)O)cc4)OCCO3)ccc21. The van der Waals surface area contributed by atoms with Crippen LogP contribution in [0.2, 0.25) is 0 Å². The number of hydrogen-bond acceptors (Lipinski definition) is 3. The summed E-state index contributed by atoms with van der Waals surface area (Å²) in [7, 11) is 0. The van der Waals surface area contributed by atoms with E-state index < -0.39 is 11.8 Å². The van der Waals surface area contributed by atoms with E-state index in [1.807, 2.05) is 24.3 Å². The third-order valence-electron chi connectivity index (χ3n) is 6.89. The van der Waals surface area contributed by atoms with Crippen LogP contribution in [0.4, 0.5) is 0 Å². The smallest absolute Gasteiger partial charge is 0.303 e. The van der Waals surface area contributed by atoms with Crippen LogP contribution in [0.1, 0.15) is 74.8 Å². The van der Waals surface area contributed by atoms with Crippen molar-refractivity contribution in [2.45, 2.75) is 70.0 Å². The maximum absolute atomic E-state index is 10.9. The summed E-state index contributed by atoms with van der Waals surface area (Å²) in [6, 6.07) is 14.7. The zero-order valence-electron chi connectivity index (χ0n) is 18.5. The molecular formula is C26H32O4. The van der Waals surface area contributed by atoms with E-state index in [4.69, 9.17) is 14.6 Å². The molecule has 2 aliphatic rings. The molecule has 4 heteroatoms. The Bertz CT molecular complexity index is 934. The molecular weight excluding hydrogens is 376 g/mol. The molecule has 0 spiro atoms. The van der Waals surface area contributed by atoms with Crippen molar-refractivity contribution in [3.05, 3.63) is 70.3 Å². The maximum Gasteiger partial charge on any atom is 0.303 e. The fraction of sp³-hybridized carbons (Fsp3) is 0.500. The number of aliphatic carboxylic acids is 1. The minimum atomic E-state index is -0.905. The molecule has 0 amide bonds. The zero-order valence-corrected chi connectivity index (χ0v) is 18.5. The Morgan fingerprint density at radius 1 is 0.867 bits per heavy atom. The van der Waals surface area contributed by atoms with Gasteiger partial charge in [0.1, 0.15) is 0 Å². The van der Waals surface area contributed by atoms with Gasteiger partial charge in [0, 0.05) is 17.5 Å². The molecule has 0 radical (unpaired) electrons. The van der Waals surface area contributed by atoms with Gasteiger partial charge in [-0.1, -0.05) is 64.1 Å². The highest BCUT2D eigenvalue weighted by Gasteiger charge is 2.43. The van der Waals surface area contributed by atoms with Crippen molar-refractivity contribution in [2.24, 2.45) is 0 Å². The van der Waals surface area contributed by atoms with Crippen molar-refractivity contribution in [2.75, 3.05) is 13.2 Å². The van der Waals surface area contributed by atoms with Gasteiger partial charge in [0.25, 0.3) is 0 Å². The molecule has 1 N–H and O–H groups in total. The number of carboxylic acid groups (broad SMARTS) is 1. The first-order valence-electron chi connectivity index (χ1n) is 10.9. The Kier molecular flexibility index (Phi) is 5.27. The van der Waals surface area contributed by atoms with Crippen LogP contribution in [0.25, 0.3) is 0 Å². The summed E-state index contributed by atoms with van der Waals surface area (Å²) in [5.74, 6) is -1.68. The summed E-state index contributed by atoms with van der Waals surface area (Å²) in [5, 5.41) is 8.93. The Balaban J connectivity index is 1.74. The van der Waals surface area contributed by atoms with Gasteiger partial charge in [-0.2, -0.15) is 0 Å². The lowest BCUT2D eigenvalue weighted by Crippen LogP contribution is -2.35. The first-order chi connectivity index (χ1) is 14.1. The molecule has 4 nitrogen and oxygen atoms in total. The van der Waals surface area contributed by atoms with Crippen LogP contribution < -0.4 is 0 Å². The van der Waals surface area contributed by atoms with Crippen molar-refractivity contribution < 1.29 is 19.4 Å². The predicted octanol–water partition coefficient (Wildman–Crippen LogP) is 5.30. The Morgan fingerprint density at radius 3 is 2.03 bits per heavy atom. The standard InChI is InChI=1S/C26H32O4/c1-24(2)13-14-25(3,4)22-17-20(10-11-21(22)24)26(29-15-16-30-26)19-8-5-18(6-9-19)7-12-23(27)28/h5-6,8-11,17H,7,12-16H2,1-4H3,(H,27,28). The van der Waals surface area contributed by atoms with Gasteiger partial charge in [-0.3, -0.25) is 4.79 Å². The van der Waals surface area contributed by atoms with Gasteiger partial charge in [0.15, 0.2) is 0 Å². The van der Waals surface area contributed by atoms with Gasteiger partial charge in [-0.05, 0) is 52.8 Å². The number of aryl methyl sites for hydroxylation is 1. The van der Waals surface area contributed by atoms with Crippen molar-refractivity contribution >= 4 is 5.97 Å². The number of hydrogen-bond donors (Lipinski definition) is 1. The van der Waals surface area contributed by atoms with Crippen LogP contribution in [-0.4, -0.2) is 24.3 Å². The van der Waals surface area contributed by atoms with Crippen LogP contribution in [0.5, 0.6) is 0 Å². The van der Waals surface area contributed by atoms with Gasteiger partial charge in [-0.25, -0.2) is 0 Å². The van der Waals surface area contributed by atoms with E-state index in [1.165, 1.54) is 17.5 Å². The van der Waals surface area contributed by atoms with Crippen molar-refractivity contribution in [3.63, 3.8) is 0 Å². The normalized spacial score (nSPS) is 21.2. The fourth-order valence-corrected chi connectivity index (χ4v) is 4.85. The third kappa shape index (κ3) is 3.67. The van der Waals surface area contributed by atoms with E-state index in [0.717, 1.165) is 23.1 Å². The largest absolute Gasteiger partial charge is 0.481 e. The van der Waals surface area contributed by atoms with Gasteiger partial charge in [-0.15, -0.1) is 0 Å². The molecule has 0 unspecified atom stereocenters. The second-order valence-electron chi connectivity index (χ2n) is 9.93. The van der Waals surface area contributed by atoms with Crippen LogP contribution in [0, 0.1) is 0 Å². The lowest BCUT2D eigenvalue weighted by Gasteiger charge is -2.42. The van der Waals surface area contributed by atoms with E-state index in [1.54, 1.807) is 0 Å². The number of ether oxygens (including phenoxy) is 2. The van der Waals surface area contributed by atoms with Crippen molar-refractivity contribution in [3.8, 4) is 0 Å². The Labute approximate surface area is 179 Å². The van der Waals surface area contributed by atoms with Gasteiger partial charge in [0.2, 0.25) is 5.79 Å². The molecule has 1 saturated heterocycles. The summed E-state index contributed by atoms with van der Waals surface area (Å²) in [6.07, 6.45) is 2.99. The van der Waals surface area contributed by atoms with E-state index in [2.05, 4.69) is 45.9 Å². The molecule has 0 aromatic heterocycles. The highest BCUT2D eigenvalue weighted by atomic mass is 16.7. The van der Waals surface area contributed by atoms with E-state index >= 15 is 0 Å². The van der Waals surface area contributed by atoms with Crippen molar-refractivity contribution in [1.29, 1.82) is 0 Å². The molecule has 160 valence electrons. The van der Waals surface area contributed by atoms with E-state index in [9.17, 15) is 4.79 Å². The molecule has 2 aromatic carbocycles. The first-order valence-corrected chi connectivity index (χ1v) is 10.9. The minimum absolute atomic E-state index is 0.112. The lowest BCUT2D eigenvalue weighted by atomic mass is 9.62. The van der Waals surface area contributed by atoms with Crippen LogP contribution >= 0.6 is 0 Å². The fourth-order valence-electron chi connectivity index (χ4n) is 4.85. The Hall–Kier alpha value is -2.17. The topological polar surface area (TPSA) is 55.8 Å². The average Bonchev–Trinajstić information content (AvgIpc) is 3.21. The summed E-state index contributed by atoms with van der Waals surface area (Å²) in [4.78, 5) is 10.9. The quantitative estimate of drug-likeness (QED) is 0.729. The minimum Gasteiger partial charge on any atom is -0.481 e. The zero-order chi connectivity index (χ0) is 21.6. The number of rotatable bonds is 5. The second kappa shape index (κ2) is 7.51. The highest BCUT2D eigenvalue weighted by molar-refractivity contribution is 5.67. The van der Waals surface area contributed by atoms with Gasteiger partial charge < -0.3 is 14.6 Å². The number of benzene rings is 2. The van der Waals surface area contributed by atoms with E-state index in [-0.39, 0.29) is 17.3 Å². The summed E-state index contributed by atoms with van der Waals surface area (Å²) >= 11 is 0. The van der Waals surface area contributed by atoms with Crippen LogP contribution in [-0.2, 0) is 37.3 Å². The number of carboxylic acids is 1. The first kappa shape index (κ1) is 21.1. The molecule has 0 bridgehead atoms. The third-order valence-corrected chi connectivity index (χ3v) is 6.89. The molecule has 2 aromatic rings. The van der Waals surface area contributed by atoms with E-state index in [0.29, 0.717) is 19.6 Å². The molecule has 1 aliphatic carbocycles. The highest BCUT2D eigenvalue weighted by Crippen LogP contribution is 2.48. The second-order valence-corrected chi connectivity index (χ2v) is 9.93. The van der Waals surface area contributed by atoms with Crippen molar-refractivity contribution in [1.82, 2.24) is 0 Å². The summed E-state index contributed by atoms with van der Waals surface area (Å²) in [6.45, 7) is 10.4. The summed E-state index contributed by atoms with van der Waals surface area (Å²) in [5.41, 5.74) is 6.06. The molecule has 1 aliphatic heterocycles. The molecule has 0 atom stereocenters. The lowest BCUT2D eigenvalue weighted by molar-refractivity contribution is -0.137. The molecule has 1 heterocycles. The average molecular weight is 409 g/mol. The van der Waals surface area contributed by atoms with Crippen LogP contribution in [0.3, 0.4) is 0 Å². The van der Waals surface area contributed by atoms with Crippen LogP contribution in [0.15, 0.2) is 42.5 Å². The molecule has 1 fully saturated rings. The number of fused-ring (bicyclic) bond motifs is 1. The molecule has 4 rings (SSSR count). The molecule has 30 heavy (non-hydrogen) atoms. The monoisotopic (exact) mass is 408 g/mol. The van der Waals surface area contributed by atoms with Gasteiger partial charge >= 0.3 is 5.97 Å².